The van der Waals surface area contributed by atoms with Gasteiger partial charge in [-0.25, -0.2) is 0 Å². The molecular weight excluding hydrogens is 226 g/mol. The van der Waals surface area contributed by atoms with Crippen molar-refractivity contribution in [2.75, 3.05) is 14.2 Å². The summed E-state index contributed by atoms with van der Waals surface area (Å²) in [5.74, 6) is 1.31. The predicted molar refractivity (Wildman–Crippen MR) is 73.1 cm³/mol. The van der Waals surface area contributed by atoms with Crippen LogP contribution in [0.15, 0.2) is 24.4 Å². The fraction of sp³-hybridized carbons (Fsp3) is 0.400. The maximum atomic E-state index is 5.36. The smallest absolute Gasteiger partial charge is 0.119 e. The second kappa shape index (κ2) is 5.36. The van der Waals surface area contributed by atoms with Crippen molar-refractivity contribution in [3.05, 3.63) is 35.5 Å². The predicted octanol–water partition coefficient (Wildman–Crippen LogP) is 3.51. The van der Waals surface area contributed by atoms with Crippen LogP contribution in [-0.4, -0.2) is 19.2 Å². The third kappa shape index (κ3) is 2.31. The van der Waals surface area contributed by atoms with Crippen molar-refractivity contribution in [2.45, 2.75) is 26.4 Å². The van der Waals surface area contributed by atoms with E-state index in [-0.39, 0.29) is 0 Å². The minimum absolute atomic E-state index is 0.456. The van der Waals surface area contributed by atoms with Gasteiger partial charge in [0.25, 0.3) is 0 Å². The van der Waals surface area contributed by atoms with Gasteiger partial charge in [-0.15, -0.1) is 0 Å². The molecule has 2 rings (SSSR count). The lowest BCUT2D eigenvalue weighted by molar-refractivity contribution is 0.185. The molecule has 0 unspecified atom stereocenters. The highest BCUT2D eigenvalue weighted by Crippen LogP contribution is 2.30. The average Bonchev–Trinajstić information content (AvgIpc) is 2.38. The Kier molecular flexibility index (Phi) is 3.82. The zero-order valence-corrected chi connectivity index (χ0v) is 11.4. The molecule has 0 saturated heterocycles. The van der Waals surface area contributed by atoms with E-state index >= 15 is 0 Å². The van der Waals surface area contributed by atoms with Crippen LogP contribution < -0.4 is 4.74 Å². The van der Waals surface area contributed by atoms with Gasteiger partial charge in [-0.2, -0.15) is 0 Å². The number of rotatable bonds is 4. The second-order valence-corrected chi connectivity index (χ2v) is 4.67. The van der Waals surface area contributed by atoms with Gasteiger partial charge in [-0.3, -0.25) is 4.98 Å². The van der Waals surface area contributed by atoms with Gasteiger partial charge >= 0.3 is 0 Å². The van der Waals surface area contributed by atoms with Gasteiger partial charge < -0.3 is 9.47 Å². The van der Waals surface area contributed by atoms with Crippen LogP contribution in [0.1, 0.15) is 30.9 Å². The van der Waals surface area contributed by atoms with Crippen LogP contribution >= 0.6 is 0 Å². The highest BCUT2D eigenvalue weighted by molar-refractivity contribution is 5.86. The molecule has 0 amide bonds. The molecule has 0 radical (unpaired) electrons. The lowest BCUT2D eigenvalue weighted by atomic mass is 9.97. The Morgan fingerprint density at radius 3 is 2.61 bits per heavy atom. The lowest BCUT2D eigenvalue weighted by Gasteiger charge is -2.13. The molecule has 0 aliphatic heterocycles. The molecule has 96 valence electrons. The Labute approximate surface area is 108 Å². The molecule has 1 aromatic heterocycles. The number of nitrogens with zero attached hydrogens (tertiary/aromatic N) is 1. The van der Waals surface area contributed by atoms with E-state index in [4.69, 9.17) is 9.47 Å². The van der Waals surface area contributed by atoms with Gasteiger partial charge in [0, 0.05) is 24.3 Å². The fourth-order valence-corrected chi connectivity index (χ4v) is 2.21. The van der Waals surface area contributed by atoms with Gasteiger partial charge in [-0.1, -0.05) is 13.8 Å². The van der Waals surface area contributed by atoms with Gasteiger partial charge in [0.05, 0.1) is 19.2 Å². The molecule has 0 spiro atoms. The molecule has 0 atom stereocenters. The molecule has 0 bridgehead atoms. The van der Waals surface area contributed by atoms with Gasteiger partial charge in [0.1, 0.15) is 5.75 Å². The number of aromatic nitrogens is 1. The van der Waals surface area contributed by atoms with E-state index in [9.17, 15) is 0 Å². The van der Waals surface area contributed by atoms with Crippen molar-refractivity contribution in [1.82, 2.24) is 4.98 Å². The first-order valence-electron chi connectivity index (χ1n) is 6.11. The van der Waals surface area contributed by atoms with E-state index < -0.39 is 0 Å². The SMILES string of the molecule is COCc1cc(OC)cc2c(C(C)C)ccnc12. The van der Waals surface area contributed by atoms with Crippen LogP contribution in [0, 0.1) is 0 Å². The first-order valence-corrected chi connectivity index (χ1v) is 6.11. The Morgan fingerprint density at radius 1 is 1.22 bits per heavy atom. The first kappa shape index (κ1) is 12.8. The van der Waals surface area contributed by atoms with Crippen molar-refractivity contribution < 1.29 is 9.47 Å². The number of methoxy groups -OCH3 is 2. The molecule has 0 aliphatic rings. The maximum absolute atomic E-state index is 5.36. The Balaban J connectivity index is 2.73. The highest BCUT2D eigenvalue weighted by Gasteiger charge is 2.11. The van der Waals surface area contributed by atoms with Crippen molar-refractivity contribution in [3.63, 3.8) is 0 Å². The van der Waals surface area contributed by atoms with Gasteiger partial charge in [0.15, 0.2) is 0 Å². The summed E-state index contributed by atoms with van der Waals surface area (Å²) < 4.78 is 10.6. The summed E-state index contributed by atoms with van der Waals surface area (Å²) in [4.78, 5) is 4.48. The summed E-state index contributed by atoms with van der Waals surface area (Å²) in [6, 6.07) is 6.11. The number of hydrogen-bond acceptors (Lipinski definition) is 3. The van der Waals surface area contributed by atoms with Crippen LogP contribution in [0.2, 0.25) is 0 Å². The van der Waals surface area contributed by atoms with Crippen molar-refractivity contribution in [3.8, 4) is 5.75 Å². The van der Waals surface area contributed by atoms with Crippen LogP contribution in [0.25, 0.3) is 10.9 Å². The molecule has 0 aliphatic carbocycles. The van der Waals surface area contributed by atoms with Crippen LogP contribution in [0.3, 0.4) is 0 Å². The molecule has 0 fully saturated rings. The summed E-state index contributed by atoms with van der Waals surface area (Å²) >= 11 is 0. The average molecular weight is 245 g/mol. The second-order valence-electron chi connectivity index (χ2n) is 4.67. The number of ether oxygens (including phenoxy) is 2. The van der Waals surface area contributed by atoms with Crippen LogP contribution in [0.4, 0.5) is 0 Å². The lowest BCUT2D eigenvalue weighted by Crippen LogP contribution is -1.97. The van der Waals surface area contributed by atoms with E-state index in [0.29, 0.717) is 12.5 Å². The normalized spacial score (nSPS) is 11.2. The van der Waals surface area contributed by atoms with Crippen LogP contribution in [-0.2, 0) is 11.3 Å². The van der Waals surface area contributed by atoms with Gasteiger partial charge in [0.2, 0.25) is 0 Å². The number of benzene rings is 1. The molecule has 1 aromatic carbocycles. The van der Waals surface area contributed by atoms with E-state index in [1.165, 1.54) is 5.56 Å². The molecule has 0 N–H and O–H groups in total. The molecule has 3 nitrogen and oxygen atoms in total. The Morgan fingerprint density at radius 2 is 2.00 bits per heavy atom. The molecule has 3 heteroatoms. The third-order valence-electron chi connectivity index (χ3n) is 3.09. The maximum Gasteiger partial charge on any atom is 0.119 e. The topological polar surface area (TPSA) is 31.4 Å². The zero-order chi connectivity index (χ0) is 13.1. The first-order chi connectivity index (χ1) is 8.67. The van der Waals surface area contributed by atoms with Gasteiger partial charge in [-0.05, 0) is 29.7 Å². The third-order valence-corrected chi connectivity index (χ3v) is 3.09. The standard InChI is InChI=1S/C15H19NO2/c1-10(2)13-5-6-16-15-11(9-17-3)7-12(18-4)8-14(13)15/h5-8,10H,9H2,1-4H3. The summed E-state index contributed by atoms with van der Waals surface area (Å²) in [5, 5.41) is 1.15. The fourth-order valence-electron chi connectivity index (χ4n) is 2.21. The van der Waals surface area contributed by atoms with E-state index in [1.807, 2.05) is 12.3 Å². The molecule has 18 heavy (non-hydrogen) atoms. The molecule has 2 aromatic rings. The number of fused-ring (bicyclic) bond motifs is 1. The van der Waals surface area contributed by atoms with E-state index in [1.54, 1.807) is 14.2 Å². The van der Waals surface area contributed by atoms with Crippen LogP contribution in [0.5, 0.6) is 5.75 Å². The highest BCUT2D eigenvalue weighted by atomic mass is 16.5. The Hall–Kier alpha value is -1.61. The zero-order valence-electron chi connectivity index (χ0n) is 11.4. The number of pyridine rings is 1. The minimum Gasteiger partial charge on any atom is -0.497 e. The summed E-state index contributed by atoms with van der Waals surface area (Å²) in [6.45, 7) is 4.91. The van der Waals surface area contributed by atoms with Crippen molar-refractivity contribution in [2.24, 2.45) is 0 Å². The van der Waals surface area contributed by atoms with E-state index in [2.05, 4.69) is 31.0 Å². The number of hydrogen-bond donors (Lipinski definition) is 0. The molecule has 1 heterocycles. The summed E-state index contributed by atoms with van der Waals surface area (Å²) in [7, 11) is 3.38. The molecular formula is C15H19NO2. The minimum atomic E-state index is 0.456. The summed E-state index contributed by atoms with van der Waals surface area (Å²) in [5.41, 5.74) is 3.36. The van der Waals surface area contributed by atoms with Crippen molar-refractivity contribution in [1.29, 1.82) is 0 Å². The quantitative estimate of drug-likeness (QED) is 0.826. The van der Waals surface area contributed by atoms with Crippen molar-refractivity contribution >= 4 is 10.9 Å². The molecule has 0 saturated carbocycles. The largest absolute Gasteiger partial charge is 0.497 e. The monoisotopic (exact) mass is 245 g/mol. The summed E-state index contributed by atoms with van der Waals surface area (Å²) in [6.07, 6.45) is 1.86. The van der Waals surface area contributed by atoms with E-state index in [0.717, 1.165) is 22.2 Å². The Bertz CT molecular complexity index is 549.